The van der Waals surface area contributed by atoms with Crippen molar-refractivity contribution in [1.29, 1.82) is 0 Å². The summed E-state index contributed by atoms with van der Waals surface area (Å²) >= 11 is 0. The van der Waals surface area contributed by atoms with Gasteiger partial charge in [-0.1, -0.05) is 56.7 Å². The fourth-order valence-electron chi connectivity index (χ4n) is 3.64. The molecule has 0 saturated heterocycles. The van der Waals surface area contributed by atoms with Crippen LogP contribution in [0.5, 0.6) is 0 Å². The number of hydrogen-bond donors (Lipinski definition) is 1. The molecule has 0 spiro atoms. The second-order valence-electron chi connectivity index (χ2n) is 6.41. The van der Waals surface area contributed by atoms with Gasteiger partial charge < -0.3 is 4.98 Å². The van der Waals surface area contributed by atoms with E-state index in [-0.39, 0.29) is 0 Å². The molecule has 1 heteroatoms. The predicted octanol–water partition coefficient (Wildman–Crippen LogP) is 5.70. The van der Waals surface area contributed by atoms with E-state index >= 15 is 0 Å². The van der Waals surface area contributed by atoms with Crippen molar-refractivity contribution in [3.63, 3.8) is 0 Å². The van der Waals surface area contributed by atoms with E-state index in [2.05, 4.69) is 30.1 Å². The Kier molecular flexibility index (Phi) is 4.44. The summed E-state index contributed by atoms with van der Waals surface area (Å²) in [5, 5.41) is 1.48. The lowest BCUT2D eigenvalue weighted by Crippen LogP contribution is -1.95. The van der Waals surface area contributed by atoms with E-state index in [1.807, 2.05) is 0 Å². The molecule has 0 saturated carbocycles. The van der Waals surface area contributed by atoms with Gasteiger partial charge in [-0.25, -0.2) is 0 Å². The van der Waals surface area contributed by atoms with E-state index in [1.165, 1.54) is 86.4 Å². The molecule has 1 aromatic carbocycles. The molecule has 0 aliphatic heterocycles. The molecule has 1 heterocycles. The molecule has 20 heavy (non-hydrogen) atoms. The Hall–Kier alpha value is -1.24. The summed E-state index contributed by atoms with van der Waals surface area (Å²) in [5.41, 5.74) is 5.91. The lowest BCUT2D eigenvalue weighted by atomic mass is 9.97. The second-order valence-corrected chi connectivity index (χ2v) is 6.41. The summed E-state index contributed by atoms with van der Waals surface area (Å²) in [6, 6.07) is 6.74. The van der Waals surface area contributed by atoms with Crippen LogP contribution >= 0.6 is 0 Å². The van der Waals surface area contributed by atoms with Crippen molar-refractivity contribution in [3.8, 4) is 0 Å². The number of benzene rings is 1. The summed E-state index contributed by atoms with van der Waals surface area (Å²) in [6.07, 6.45) is 13.7. The van der Waals surface area contributed by atoms with E-state index in [0.717, 1.165) is 0 Å². The van der Waals surface area contributed by atoms with E-state index in [4.69, 9.17) is 0 Å². The van der Waals surface area contributed by atoms with Crippen LogP contribution in [0.25, 0.3) is 10.9 Å². The zero-order chi connectivity index (χ0) is 13.8. The molecule has 0 bridgehead atoms. The summed E-state index contributed by atoms with van der Waals surface area (Å²) < 4.78 is 0. The quantitative estimate of drug-likeness (QED) is 0.632. The van der Waals surface area contributed by atoms with Crippen molar-refractivity contribution in [2.24, 2.45) is 0 Å². The van der Waals surface area contributed by atoms with Gasteiger partial charge in [0.25, 0.3) is 0 Å². The Labute approximate surface area is 122 Å². The number of aromatic amines is 1. The van der Waals surface area contributed by atoms with Crippen molar-refractivity contribution in [3.05, 3.63) is 35.0 Å². The fourth-order valence-corrected chi connectivity index (χ4v) is 3.64. The Morgan fingerprint density at radius 3 is 2.20 bits per heavy atom. The zero-order valence-corrected chi connectivity index (χ0v) is 12.8. The van der Waals surface area contributed by atoms with Crippen molar-refractivity contribution >= 4 is 10.9 Å². The molecule has 1 aliphatic rings. The molecule has 2 aromatic rings. The third-order valence-electron chi connectivity index (χ3n) is 4.84. The number of H-pyrrole nitrogens is 1. The molecule has 0 radical (unpaired) electrons. The van der Waals surface area contributed by atoms with Gasteiger partial charge in [-0.15, -0.1) is 0 Å². The molecule has 1 nitrogen and oxygen atoms in total. The van der Waals surface area contributed by atoms with E-state index in [9.17, 15) is 0 Å². The van der Waals surface area contributed by atoms with Gasteiger partial charge in [-0.3, -0.25) is 0 Å². The Morgan fingerprint density at radius 2 is 1.45 bits per heavy atom. The number of rotatable bonds is 0. The van der Waals surface area contributed by atoms with E-state index < -0.39 is 0 Å². The highest BCUT2D eigenvalue weighted by Crippen LogP contribution is 2.28. The zero-order valence-electron chi connectivity index (χ0n) is 12.8. The number of aryl methyl sites for hydroxylation is 3. The molecule has 1 aromatic heterocycles. The molecular formula is C19H27N. The van der Waals surface area contributed by atoms with Crippen molar-refractivity contribution in [2.75, 3.05) is 0 Å². The Balaban J connectivity index is 1.92. The van der Waals surface area contributed by atoms with E-state index in [0.29, 0.717) is 0 Å². The highest BCUT2D eigenvalue weighted by Gasteiger charge is 2.12. The maximum atomic E-state index is 3.74. The summed E-state index contributed by atoms with van der Waals surface area (Å²) in [5.74, 6) is 0. The number of fused-ring (bicyclic) bond motifs is 3. The third-order valence-corrected chi connectivity index (χ3v) is 4.84. The van der Waals surface area contributed by atoms with Crippen LogP contribution in [0.1, 0.15) is 68.2 Å². The minimum atomic E-state index is 1.24. The number of aromatic nitrogens is 1. The Morgan fingerprint density at radius 1 is 0.800 bits per heavy atom. The first-order valence-corrected chi connectivity index (χ1v) is 8.45. The van der Waals surface area contributed by atoms with Crippen molar-refractivity contribution in [1.82, 2.24) is 4.98 Å². The molecule has 1 aliphatic carbocycles. The van der Waals surface area contributed by atoms with Crippen molar-refractivity contribution < 1.29 is 0 Å². The van der Waals surface area contributed by atoms with Crippen LogP contribution in [0.3, 0.4) is 0 Å². The first-order valence-electron chi connectivity index (χ1n) is 8.45. The average Bonchev–Trinajstić information content (AvgIpc) is 2.78. The normalized spacial score (nSPS) is 18.2. The number of nitrogens with one attached hydrogen (secondary N) is 1. The summed E-state index contributed by atoms with van der Waals surface area (Å²) in [4.78, 5) is 3.74. The van der Waals surface area contributed by atoms with Gasteiger partial charge in [-0.05, 0) is 43.7 Å². The Bertz CT molecular complexity index is 564. The van der Waals surface area contributed by atoms with Crippen LogP contribution in [0, 0.1) is 6.92 Å². The molecule has 0 fully saturated rings. The summed E-state index contributed by atoms with van der Waals surface area (Å²) in [6.45, 7) is 2.22. The average molecular weight is 269 g/mol. The molecule has 3 rings (SSSR count). The summed E-state index contributed by atoms with van der Waals surface area (Å²) in [7, 11) is 0. The number of para-hydroxylation sites is 1. The fraction of sp³-hybridized carbons (Fsp3) is 0.579. The minimum absolute atomic E-state index is 1.24. The highest BCUT2D eigenvalue weighted by atomic mass is 14.7. The second kappa shape index (κ2) is 6.47. The van der Waals surface area contributed by atoms with Crippen LogP contribution < -0.4 is 0 Å². The number of hydrogen-bond acceptors (Lipinski definition) is 0. The topological polar surface area (TPSA) is 15.8 Å². The standard InChI is InChI=1S/C19H27N/c1-15-11-10-13-17-16-12-8-6-4-2-3-5-7-9-14-18(16)20-19(15)17/h10-11,13,20H,2-9,12,14H2,1H3. The molecule has 108 valence electrons. The van der Waals surface area contributed by atoms with Gasteiger partial charge >= 0.3 is 0 Å². The lowest BCUT2D eigenvalue weighted by molar-refractivity contribution is 0.559. The SMILES string of the molecule is Cc1cccc2c3c([nH]c12)CCCCCCCCCC3. The third kappa shape index (κ3) is 2.92. The molecule has 0 amide bonds. The van der Waals surface area contributed by atoms with Crippen LogP contribution in [0.2, 0.25) is 0 Å². The van der Waals surface area contributed by atoms with Gasteiger partial charge in [-0.2, -0.15) is 0 Å². The van der Waals surface area contributed by atoms with E-state index in [1.54, 1.807) is 5.56 Å². The molecule has 0 atom stereocenters. The first kappa shape index (κ1) is 13.7. The van der Waals surface area contributed by atoms with Crippen LogP contribution in [0.15, 0.2) is 18.2 Å². The van der Waals surface area contributed by atoms with Crippen LogP contribution in [0.4, 0.5) is 0 Å². The molecule has 1 N–H and O–H groups in total. The van der Waals surface area contributed by atoms with Gasteiger partial charge in [0.1, 0.15) is 0 Å². The van der Waals surface area contributed by atoms with Gasteiger partial charge in [0.05, 0.1) is 0 Å². The molecular weight excluding hydrogens is 242 g/mol. The smallest absolute Gasteiger partial charge is 0.0488 e. The lowest BCUT2D eigenvalue weighted by Gasteiger charge is -2.08. The maximum absolute atomic E-state index is 3.74. The predicted molar refractivity (Wildman–Crippen MR) is 87.4 cm³/mol. The highest BCUT2D eigenvalue weighted by molar-refractivity contribution is 5.87. The van der Waals surface area contributed by atoms with Crippen molar-refractivity contribution in [2.45, 2.75) is 71.1 Å². The minimum Gasteiger partial charge on any atom is -0.358 e. The van der Waals surface area contributed by atoms with Gasteiger partial charge in [0.2, 0.25) is 0 Å². The van der Waals surface area contributed by atoms with Crippen LogP contribution in [-0.2, 0) is 12.8 Å². The maximum Gasteiger partial charge on any atom is 0.0488 e. The van der Waals surface area contributed by atoms with Crippen LogP contribution in [-0.4, -0.2) is 4.98 Å². The van der Waals surface area contributed by atoms with Gasteiger partial charge in [0.15, 0.2) is 0 Å². The molecule has 0 unspecified atom stereocenters. The largest absolute Gasteiger partial charge is 0.358 e. The first-order chi connectivity index (χ1) is 9.86. The van der Waals surface area contributed by atoms with Gasteiger partial charge in [0, 0.05) is 16.6 Å². The monoisotopic (exact) mass is 269 g/mol.